The van der Waals surface area contributed by atoms with E-state index >= 15 is 0 Å². The van der Waals surface area contributed by atoms with Crippen LogP contribution in [0.2, 0.25) is 10.0 Å². The first kappa shape index (κ1) is 21.4. The van der Waals surface area contributed by atoms with Gasteiger partial charge in [-0.2, -0.15) is 0 Å². The van der Waals surface area contributed by atoms with Gasteiger partial charge in [-0.1, -0.05) is 48.7 Å². The molecule has 9 heteroatoms. The number of nitrogens with one attached hydrogen (secondary N) is 1. The predicted octanol–water partition coefficient (Wildman–Crippen LogP) is 5.73. The van der Waals surface area contributed by atoms with Crippen LogP contribution in [0.5, 0.6) is 5.88 Å². The van der Waals surface area contributed by atoms with Crippen molar-refractivity contribution in [2.24, 2.45) is 5.73 Å². The Kier molecular flexibility index (Phi) is 6.62. The van der Waals surface area contributed by atoms with E-state index in [1.807, 2.05) is 6.07 Å². The third-order valence-electron chi connectivity index (χ3n) is 4.31. The summed E-state index contributed by atoms with van der Waals surface area (Å²) >= 11 is 13.4. The molecule has 0 radical (unpaired) electrons. The number of amides is 2. The Morgan fingerprint density at radius 1 is 1.21 bits per heavy atom. The van der Waals surface area contributed by atoms with Crippen LogP contribution in [0.3, 0.4) is 0 Å². The Morgan fingerprint density at radius 3 is 2.62 bits per heavy atom. The lowest BCUT2D eigenvalue weighted by Gasteiger charge is -2.06. The fourth-order valence-corrected chi connectivity index (χ4v) is 4.41. The van der Waals surface area contributed by atoms with E-state index in [9.17, 15) is 14.7 Å². The monoisotopic (exact) mass is 451 g/mol. The number of aromatic nitrogens is 1. The van der Waals surface area contributed by atoms with Crippen molar-refractivity contribution < 1.29 is 14.7 Å². The summed E-state index contributed by atoms with van der Waals surface area (Å²) in [5, 5.41) is 14.4. The van der Waals surface area contributed by atoms with Crippen LogP contribution >= 0.6 is 35.0 Å². The lowest BCUT2D eigenvalue weighted by molar-refractivity contribution is 0.102. The van der Waals surface area contributed by atoms with Crippen LogP contribution in [0, 0.1) is 0 Å². The molecule has 0 spiro atoms. The number of primary amides is 1. The number of carbonyl (C=O) groups is 2. The topological polar surface area (TPSA) is 97.3 Å². The molecule has 0 unspecified atom stereocenters. The van der Waals surface area contributed by atoms with Gasteiger partial charge in [-0.25, -0.2) is 9.36 Å². The molecule has 6 nitrogen and oxygen atoms in total. The third kappa shape index (κ3) is 4.32. The van der Waals surface area contributed by atoms with E-state index in [-0.39, 0.29) is 10.6 Å². The smallest absolute Gasteiger partial charge is 0.326 e. The fourth-order valence-electron chi connectivity index (χ4n) is 2.94. The highest BCUT2D eigenvalue weighted by Gasteiger charge is 2.26. The molecule has 2 amide bonds. The van der Waals surface area contributed by atoms with E-state index in [2.05, 4.69) is 12.2 Å². The van der Waals surface area contributed by atoms with Gasteiger partial charge >= 0.3 is 6.03 Å². The molecular weight excluding hydrogens is 433 g/mol. The van der Waals surface area contributed by atoms with Crippen molar-refractivity contribution in [1.82, 2.24) is 4.57 Å². The number of thioether (sulfide) groups is 1. The molecule has 1 aromatic heterocycles. The van der Waals surface area contributed by atoms with Gasteiger partial charge in [0.2, 0.25) is 5.88 Å². The van der Waals surface area contributed by atoms with Crippen LogP contribution in [0.25, 0.3) is 10.9 Å². The lowest BCUT2D eigenvalue weighted by Crippen LogP contribution is -2.19. The number of fused-ring (bicyclic) bond motifs is 1. The minimum atomic E-state index is -0.871. The van der Waals surface area contributed by atoms with Crippen molar-refractivity contribution in [3.63, 3.8) is 0 Å². The predicted molar refractivity (Wildman–Crippen MR) is 119 cm³/mol. The van der Waals surface area contributed by atoms with E-state index in [0.29, 0.717) is 21.6 Å². The van der Waals surface area contributed by atoms with E-state index in [1.165, 1.54) is 6.07 Å². The van der Waals surface area contributed by atoms with Crippen molar-refractivity contribution in [3.8, 4) is 5.88 Å². The summed E-state index contributed by atoms with van der Waals surface area (Å²) in [5.74, 6) is -0.263. The van der Waals surface area contributed by atoms with Crippen molar-refractivity contribution in [3.05, 3.63) is 52.0 Å². The number of para-hydroxylation sites is 1. The van der Waals surface area contributed by atoms with Gasteiger partial charge in [-0.3, -0.25) is 4.79 Å². The standard InChI is InChI=1S/C20H19Cl2N3O3S/c1-2-3-9-29-15-6-4-5-12-16(19(27)25(17(12)15)20(23)28)18(26)24-11-7-8-13(21)14(22)10-11/h4-8,10,27H,2-3,9H2,1H3,(H2,23,28)(H,24,26). The maximum Gasteiger partial charge on any atom is 0.326 e. The molecule has 4 N–H and O–H groups in total. The average molecular weight is 452 g/mol. The Labute approximate surface area is 182 Å². The van der Waals surface area contributed by atoms with Crippen molar-refractivity contribution >= 4 is 63.5 Å². The molecule has 0 saturated heterocycles. The first-order valence-corrected chi connectivity index (χ1v) is 10.6. The van der Waals surface area contributed by atoms with Crippen molar-refractivity contribution in [2.75, 3.05) is 11.1 Å². The summed E-state index contributed by atoms with van der Waals surface area (Å²) in [5.41, 5.74) is 6.27. The third-order valence-corrected chi connectivity index (χ3v) is 6.18. The molecule has 1 heterocycles. The number of hydrogen-bond acceptors (Lipinski definition) is 4. The zero-order valence-corrected chi connectivity index (χ0v) is 17.9. The second kappa shape index (κ2) is 8.98. The number of rotatable bonds is 6. The lowest BCUT2D eigenvalue weighted by atomic mass is 10.1. The van der Waals surface area contributed by atoms with Gasteiger partial charge in [0.05, 0.1) is 15.6 Å². The molecule has 0 aliphatic heterocycles. The molecule has 0 atom stereocenters. The zero-order valence-electron chi connectivity index (χ0n) is 15.5. The van der Waals surface area contributed by atoms with Gasteiger partial charge in [0.25, 0.3) is 5.91 Å². The first-order chi connectivity index (χ1) is 13.8. The van der Waals surface area contributed by atoms with E-state index in [0.717, 1.165) is 28.1 Å². The molecule has 0 fully saturated rings. The first-order valence-electron chi connectivity index (χ1n) is 8.90. The molecule has 29 heavy (non-hydrogen) atoms. The Hall–Kier alpha value is -2.35. The maximum absolute atomic E-state index is 12.9. The normalized spacial score (nSPS) is 11.0. The maximum atomic E-state index is 12.9. The highest BCUT2D eigenvalue weighted by molar-refractivity contribution is 7.99. The Balaban J connectivity index is 2.08. The van der Waals surface area contributed by atoms with E-state index in [4.69, 9.17) is 28.9 Å². The molecule has 0 bridgehead atoms. The molecule has 3 aromatic rings. The average Bonchev–Trinajstić information content (AvgIpc) is 2.98. The number of nitrogens with zero attached hydrogens (tertiary/aromatic N) is 1. The minimum Gasteiger partial charge on any atom is -0.494 e. The Morgan fingerprint density at radius 2 is 1.97 bits per heavy atom. The van der Waals surface area contributed by atoms with Crippen LogP contribution < -0.4 is 11.1 Å². The SMILES string of the molecule is CCCCSc1cccc2c(C(=O)Nc3ccc(Cl)c(Cl)c3)c(O)n(C(N)=O)c12. The van der Waals surface area contributed by atoms with Gasteiger partial charge in [0, 0.05) is 16.0 Å². The van der Waals surface area contributed by atoms with Gasteiger partial charge in [0.15, 0.2) is 0 Å². The summed E-state index contributed by atoms with van der Waals surface area (Å²) in [6, 6.07) is 9.04. The van der Waals surface area contributed by atoms with Crippen LogP contribution in [-0.4, -0.2) is 27.4 Å². The van der Waals surface area contributed by atoms with Crippen molar-refractivity contribution in [1.29, 1.82) is 0 Å². The molecule has 0 saturated carbocycles. The molecule has 0 aliphatic rings. The number of nitrogens with two attached hydrogens (primary N) is 1. The highest BCUT2D eigenvalue weighted by Crippen LogP contribution is 2.38. The number of benzene rings is 2. The van der Waals surface area contributed by atoms with Crippen LogP contribution in [0.1, 0.15) is 30.1 Å². The molecular formula is C20H19Cl2N3O3S. The molecule has 152 valence electrons. The van der Waals surface area contributed by atoms with Gasteiger partial charge in [-0.15, -0.1) is 11.8 Å². The summed E-state index contributed by atoms with van der Waals surface area (Å²) in [7, 11) is 0. The number of hydrogen-bond donors (Lipinski definition) is 3. The second-order valence-corrected chi connectivity index (χ2v) is 8.26. The molecule has 0 aliphatic carbocycles. The van der Waals surface area contributed by atoms with Crippen LogP contribution in [0.15, 0.2) is 41.3 Å². The number of halogens is 2. The number of aromatic hydroxyl groups is 1. The summed E-state index contributed by atoms with van der Waals surface area (Å²) in [4.78, 5) is 25.7. The molecule has 3 rings (SSSR count). The van der Waals surface area contributed by atoms with Crippen molar-refractivity contribution in [2.45, 2.75) is 24.7 Å². The quantitative estimate of drug-likeness (QED) is 0.329. The van der Waals surface area contributed by atoms with Gasteiger partial charge in [0.1, 0.15) is 5.56 Å². The van der Waals surface area contributed by atoms with E-state index < -0.39 is 17.8 Å². The summed E-state index contributed by atoms with van der Waals surface area (Å²) in [6.07, 6.45) is 2.03. The fraction of sp³-hybridized carbons (Fsp3) is 0.200. The Bertz CT molecular complexity index is 1100. The van der Waals surface area contributed by atoms with Gasteiger partial charge < -0.3 is 16.2 Å². The van der Waals surface area contributed by atoms with E-state index in [1.54, 1.807) is 36.0 Å². The molecule has 2 aromatic carbocycles. The zero-order chi connectivity index (χ0) is 21.1. The minimum absolute atomic E-state index is 0.0391. The highest BCUT2D eigenvalue weighted by atomic mass is 35.5. The summed E-state index contributed by atoms with van der Waals surface area (Å²) < 4.78 is 0.966. The summed E-state index contributed by atoms with van der Waals surface area (Å²) in [6.45, 7) is 2.09. The number of carbonyl (C=O) groups excluding carboxylic acids is 2. The van der Waals surface area contributed by atoms with Crippen LogP contribution in [-0.2, 0) is 0 Å². The second-order valence-electron chi connectivity index (χ2n) is 6.31. The number of anilines is 1. The largest absolute Gasteiger partial charge is 0.494 e. The van der Waals surface area contributed by atoms with Crippen LogP contribution in [0.4, 0.5) is 10.5 Å². The number of unbranched alkanes of at least 4 members (excludes halogenated alkanes) is 1. The van der Waals surface area contributed by atoms with Gasteiger partial charge in [-0.05, 0) is 36.4 Å².